The molecule has 2 heterocycles. The minimum atomic E-state index is -0.781. The molecule has 1 saturated heterocycles. The van der Waals surface area contributed by atoms with E-state index in [1.54, 1.807) is 55.5 Å². The van der Waals surface area contributed by atoms with Crippen LogP contribution < -0.4 is 5.01 Å². The van der Waals surface area contributed by atoms with E-state index in [2.05, 4.69) is 5.10 Å². The lowest BCUT2D eigenvalue weighted by Gasteiger charge is -2.12. The maximum Gasteiger partial charge on any atom is 0.359 e. The van der Waals surface area contributed by atoms with E-state index in [1.165, 1.54) is 18.3 Å². The number of para-hydroxylation sites is 1. The maximum atomic E-state index is 13.1. The first-order valence-electron chi connectivity index (χ1n) is 9.82. The second-order valence-electron chi connectivity index (χ2n) is 6.81. The molecule has 2 aliphatic rings. The molecule has 1 N–H and O–H groups in total. The Morgan fingerprint density at radius 2 is 1.91 bits per heavy atom. The Labute approximate surface area is 198 Å². The van der Waals surface area contributed by atoms with Crippen molar-refractivity contribution in [3.8, 4) is 5.75 Å². The lowest BCUT2D eigenvalue weighted by molar-refractivity contribution is -0.135. The lowest BCUT2D eigenvalue weighted by atomic mass is 10.1. The number of carbonyl (C=O) groups excluding carboxylic acids is 3. The van der Waals surface area contributed by atoms with Gasteiger partial charge >= 0.3 is 5.97 Å². The van der Waals surface area contributed by atoms with Crippen LogP contribution >= 0.6 is 24.0 Å². The molecular weight excluding hydrogens is 462 g/mol. The first kappa shape index (κ1) is 22.4. The number of hydrogen-bond acceptors (Lipinski definition) is 8. The van der Waals surface area contributed by atoms with E-state index in [4.69, 9.17) is 17.0 Å². The van der Waals surface area contributed by atoms with Crippen molar-refractivity contribution >= 4 is 63.6 Å². The van der Waals surface area contributed by atoms with Gasteiger partial charge in [0.1, 0.15) is 5.75 Å². The number of phenols is 1. The Balaban J connectivity index is 1.69. The lowest BCUT2D eigenvalue weighted by Crippen LogP contribution is -2.28. The third-order valence-corrected chi connectivity index (χ3v) is 5.93. The third-order valence-electron chi connectivity index (χ3n) is 4.60. The van der Waals surface area contributed by atoms with Crippen LogP contribution in [0, 0.1) is 0 Å². The fourth-order valence-electron chi connectivity index (χ4n) is 3.11. The molecule has 0 bridgehead atoms. The normalized spacial score (nSPS) is 18.5. The number of anilines is 1. The van der Waals surface area contributed by atoms with Crippen molar-refractivity contribution in [2.24, 2.45) is 5.10 Å². The molecule has 0 radical (unpaired) electrons. The summed E-state index contributed by atoms with van der Waals surface area (Å²) in [5.74, 6) is -1.77. The van der Waals surface area contributed by atoms with Crippen LogP contribution in [0.1, 0.15) is 12.5 Å². The number of thioether (sulfide) groups is 1. The topological polar surface area (TPSA) is 99.5 Å². The van der Waals surface area contributed by atoms with E-state index in [0.717, 1.165) is 21.7 Å². The van der Waals surface area contributed by atoms with Gasteiger partial charge in [-0.05, 0) is 42.8 Å². The largest absolute Gasteiger partial charge is 0.508 e. The Morgan fingerprint density at radius 3 is 2.61 bits per heavy atom. The summed E-state index contributed by atoms with van der Waals surface area (Å²) in [5.41, 5.74) is 0.759. The third kappa shape index (κ3) is 4.57. The van der Waals surface area contributed by atoms with Gasteiger partial charge in [-0.15, -0.1) is 0 Å². The first-order chi connectivity index (χ1) is 15.9. The van der Waals surface area contributed by atoms with Crippen molar-refractivity contribution in [3.63, 3.8) is 0 Å². The minimum Gasteiger partial charge on any atom is -0.508 e. The average molecular weight is 480 g/mol. The van der Waals surface area contributed by atoms with Gasteiger partial charge in [0.15, 0.2) is 10.0 Å². The highest BCUT2D eigenvalue weighted by Gasteiger charge is 2.39. The van der Waals surface area contributed by atoms with Crippen LogP contribution in [0.3, 0.4) is 0 Å². The molecule has 8 nitrogen and oxygen atoms in total. The number of hydrazone groups is 1. The Morgan fingerprint density at radius 1 is 1.15 bits per heavy atom. The Bertz CT molecular complexity index is 1250. The first-order valence-corrected chi connectivity index (χ1v) is 11.0. The van der Waals surface area contributed by atoms with Gasteiger partial charge in [-0.25, -0.2) is 4.79 Å². The molecular formula is C23H17N3O5S2. The zero-order valence-corrected chi connectivity index (χ0v) is 18.9. The molecule has 0 spiro atoms. The number of ether oxygens (including phenoxy) is 1. The van der Waals surface area contributed by atoms with Crippen LogP contribution in [0.4, 0.5) is 5.69 Å². The van der Waals surface area contributed by atoms with Gasteiger partial charge in [-0.1, -0.05) is 54.3 Å². The van der Waals surface area contributed by atoms with E-state index in [9.17, 15) is 19.5 Å². The van der Waals surface area contributed by atoms with E-state index in [-0.39, 0.29) is 28.0 Å². The fourth-order valence-corrected chi connectivity index (χ4v) is 4.32. The summed E-state index contributed by atoms with van der Waals surface area (Å²) in [6.07, 6.45) is 2.81. The molecule has 0 saturated carbocycles. The highest BCUT2D eigenvalue weighted by atomic mass is 32.2. The molecule has 2 aromatic rings. The molecule has 1 fully saturated rings. The summed E-state index contributed by atoms with van der Waals surface area (Å²) in [4.78, 5) is 40.1. The van der Waals surface area contributed by atoms with Crippen LogP contribution in [0.5, 0.6) is 5.75 Å². The number of hydrogen-bond donors (Lipinski definition) is 1. The molecule has 0 unspecified atom stereocenters. The Hall–Kier alpha value is -3.76. The standard InChI is InChI=1S/C23H17N3O5S2/c1-2-31-22(30)19-17(20(28)26(24-19)15-8-4-3-5-9-15)13-25-21(29)18(33-23(25)32)12-14-7-6-10-16(27)11-14/h3-13,27H,2H2,1H3/b17-13+,18-12+. The van der Waals surface area contributed by atoms with Crippen molar-refractivity contribution in [3.05, 3.63) is 76.8 Å². The number of amides is 2. The van der Waals surface area contributed by atoms with Gasteiger partial charge < -0.3 is 9.84 Å². The van der Waals surface area contributed by atoms with Gasteiger partial charge in [-0.2, -0.15) is 10.1 Å². The van der Waals surface area contributed by atoms with Crippen LogP contribution in [-0.4, -0.2) is 44.4 Å². The molecule has 2 aromatic carbocycles. The summed E-state index contributed by atoms with van der Waals surface area (Å²) < 4.78 is 5.24. The van der Waals surface area contributed by atoms with Gasteiger partial charge in [0.25, 0.3) is 11.8 Å². The molecule has 0 atom stereocenters. The van der Waals surface area contributed by atoms with Gasteiger partial charge in [0.05, 0.1) is 22.8 Å². The minimum absolute atomic E-state index is 0.0641. The number of aromatic hydroxyl groups is 1. The number of phenolic OH excluding ortho intramolecular Hbond substituents is 1. The second kappa shape index (κ2) is 9.39. The van der Waals surface area contributed by atoms with Gasteiger partial charge in [0.2, 0.25) is 0 Å². The predicted octanol–water partition coefficient (Wildman–Crippen LogP) is 3.44. The number of benzene rings is 2. The van der Waals surface area contributed by atoms with Gasteiger partial charge in [-0.3, -0.25) is 14.5 Å². The number of nitrogens with zero attached hydrogens (tertiary/aromatic N) is 3. The highest BCUT2D eigenvalue weighted by molar-refractivity contribution is 8.26. The Kier molecular flexibility index (Phi) is 6.38. The molecule has 10 heteroatoms. The molecule has 0 aromatic heterocycles. The van der Waals surface area contributed by atoms with E-state index in [1.807, 2.05) is 0 Å². The monoisotopic (exact) mass is 479 g/mol. The fraction of sp³-hybridized carbons (Fsp3) is 0.0870. The number of esters is 1. The van der Waals surface area contributed by atoms with Gasteiger partial charge in [0, 0.05) is 6.20 Å². The van der Waals surface area contributed by atoms with Crippen LogP contribution in [0.2, 0.25) is 0 Å². The van der Waals surface area contributed by atoms with Crippen molar-refractivity contribution in [2.45, 2.75) is 6.92 Å². The van der Waals surface area contributed by atoms with E-state index in [0.29, 0.717) is 16.2 Å². The molecule has 2 aliphatic heterocycles. The second-order valence-corrected chi connectivity index (χ2v) is 8.49. The number of thiocarbonyl (C=S) groups is 1. The maximum absolute atomic E-state index is 13.1. The molecule has 4 rings (SSSR count). The summed E-state index contributed by atoms with van der Waals surface area (Å²) in [7, 11) is 0. The molecule has 2 amide bonds. The smallest absolute Gasteiger partial charge is 0.359 e. The average Bonchev–Trinajstić information content (AvgIpc) is 3.26. The zero-order valence-electron chi connectivity index (χ0n) is 17.3. The summed E-state index contributed by atoms with van der Waals surface area (Å²) in [6.45, 7) is 1.74. The van der Waals surface area contributed by atoms with E-state index < -0.39 is 17.8 Å². The highest BCUT2D eigenvalue weighted by Crippen LogP contribution is 2.34. The van der Waals surface area contributed by atoms with Crippen LogP contribution in [0.15, 0.2) is 76.4 Å². The van der Waals surface area contributed by atoms with Crippen molar-refractivity contribution < 1.29 is 24.2 Å². The van der Waals surface area contributed by atoms with E-state index >= 15 is 0 Å². The van der Waals surface area contributed by atoms with Crippen LogP contribution in [0.25, 0.3) is 6.08 Å². The van der Waals surface area contributed by atoms with Crippen molar-refractivity contribution in [1.82, 2.24) is 4.90 Å². The molecule has 166 valence electrons. The quantitative estimate of drug-likeness (QED) is 0.398. The van der Waals surface area contributed by atoms with Crippen molar-refractivity contribution in [1.29, 1.82) is 0 Å². The summed E-state index contributed by atoms with van der Waals surface area (Å²) in [5, 5.41) is 14.9. The SMILES string of the molecule is CCOC(=O)C1=NN(c2ccccc2)C(=O)/C1=C/N1C(=O)/C(=C\c2cccc(O)c2)SC1=S. The van der Waals surface area contributed by atoms with Crippen LogP contribution in [-0.2, 0) is 19.1 Å². The van der Waals surface area contributed by atoms with Crippen molar-refractivity contribution in [2.75, 3.05) is 11.6 Å². The number of rotatable bonds is 5. The summed E-state index contributed by atoms with van der Waals surface area (Å²) in [6, 6.07) is 15.0. The number of carbonyl (C=O) groups is 3. The summed E-state index contributed by atoms with van der Waals surface area (Å²) >= 11 is 6.39. The molecule has 0 aliphatic carbocycles. The molecule has 33 heavy (non-hydrogen) atoms. The predicted molar refractivity (Wildman–Crippen MR) is 129 cm³/mol. The zero-order chi connectivity index (χ0) is 23.5.